The van der Waals surface area contributed by atoms with E-state index in [9.17, 15) is 4.79 Å². The van der Waals surface area contributed by atoms with Crippen LogP contribution in [0.25, 0.3) is 10.8 Å². The van der Waals surface area contributed by atoms with Gasteiger partial charge in [-0.1, -0.05) is 28.1 Å². The minimum Gasteiger partial charge on any atom is -0.484 e. The van der Waals surface area contributed by atoms with Gasteiger partial charge in [0.15, 0.2) is 6.61 Å². The summed E-state index contributed by atoms with van der Waals surface area (Å²) in [6.07, 6.45) is 0. The molecule has 2 rings (SSSR count). The molecule has 0 aliphatic carbocycles. The highest BCUT2D eigenvalue weighted by molar-refractivity contribution is 9.10. The standard InChI is InChI=1S/C17H21BrN2O3/c1-22-9-8-19-6-7-20-17(21)12-23-16-5-3-13-10-15(18)4-2-14(13)11-16/h2-5,10-11,19H,6-9,12H2,1H3,(H,20,21). The van der Waals surface area contributed by atoms with E-state index < -0.39 is 0 Å². The highest BCUT2D eigenvalue weighted by atomic mass is 79.9. The topological polar surface area (TPSA) is 59.6 Å². The van der Waals surface area contributed by atoms with Crippen LogP contribution in [0.1, 0.15) is 0 Å². The monoisotopic (exact) mass is 380 g/mol. The zero-order chi connectivity index (χ0) is 16.5. The van der Waals surface area contributed by atoms with Crippen molar-refractivity contribution in [2.45, 2.75) is 0 Å². The van der Waals surface area contributed by atoms with Gasteiger partial charge in [0.25, 0.3) is 5.91 Å². The maximum absolute atomic E-state index is 11.7. The van der Waals surface area contributed by atoms with Gasteiger partial charge in [-0.25, -0.2) is 0 Å². The molecule has 0 unspecified atom stereocenters. The van der Waals surface area contributed by atoms with E-state index in [0.717, 1.165) is 21.8 Å². The molecule has 2 N–H and O–H groups in total. The first-order valence-electron chi connectivity index (χ1n) is 7.47. The van der Waals surface area contributed by atoms with Gasteiger partial charge in [-0.2, -0.15) is 0 Å². The lowest BCUT2D eigenvalue weighted by Crippen LogP contribution is -2.35. The van der Waals surface area contributed by atoms with E-state index in [0.29, 0.717) is 25.4 Å². The average Bonchev–Trinajstić information content (AvgIpc) is 2.56. The first kappa shape index (κ1) is 17.7. The van der Waals surface area contributed by atoms with Gasteiger partial charge in [-0.05, 0) is 35.0 Å². The molecule has 0 fully saturated rings. The third kappa shape index (κ3) is 6.17. The summed E-state index contributed by atoms with van der Waals surface area (Å²) in [5.41, 5.74) is 0. The van der Waals surface area contributed by atoms with Crippen molar-refractivity contribution < 1.29 is 14.3 Å². The highest BCUT2D eigenvalue weighted by Crippen LogP contribution is 2.23. The maximum Gasteiger partial charge on any atom is 0.257 e. The Balaban J connectivity index is 1.73. The number of carbonyl (C=O) groups is 1. The molecule has 0 aromatic heterocycles. The third-order valence-electron chi connectivity index (χ3n) is 3.25. The predicted octanol–water partition coefficient (Wildman–Crippen LogP) is 2.33. The molecular formula is C17H21BrN2O3. The van der Waals surface area contributed by atoms with E-state index in [1.165, 1.54) is 0 Å². The van der Waals surface area contributed by atoms with Gasteiger partial charge in [0.1, 0.15) is 5.75 Å². The van der Waals surface area contributed by atoms with Crippen LogP contribution in [0, 0.1) is 0 Å². The van der Waals surface area contributed by atoms with Crippen molar-refractivity contribution in [2.24, 2.45) is 0 Å². The van der Waals surface area contributed by atoms with E-state index in [2.05, 4.69) is 26.6 Å². The smallest absolute Gasteiger partial charge is 0.257 e. The average molecular weight is 381 g/mol. The molecule has 6 heteroatoms. The van der Waals surface area contributed by atoms with Crippen molar-refractivity contribution in [3.05, 3.63) is 40.9 Å². The number of benzene rings is 2. The zero-order valence-corrected chi connectivity index (χ0v) is 14.7. The molecule has 0 spiro atoms. The van der Waals surface area contributed by atoms with Gasteiger partial charge in [0.05, 0.1) is 6.61 Å². The summed E-state index contributed by atoms with van der Waals surface area (Å²) in [5, 5.41) is 8.16. The zero-order valence-electron chi connectivity index (χ0n) is 13.1. The van der Waals surface area contributed by atoms with E-state index in [4.69, 9.17) is 9.47 Å². The first-order valence-corrected chi connectivity index (χ1v) is 8.27. The number of halogens is 1. The van der Waals surface area contributed by atoms with E-state index in [1.54, 1.807) is 7.11 Å². The molecule has 0 aliphatic rings. The Morgan fingerprint density at radius 2 is 1.87 bits per heavy atom. The van der Waals surface area contributed by atoms with Crippen LogP contribution >= 0.6 is 15.9 Å². The Morgan fingerprint density at radius 3 is 2.70 bits per heavy atom. The SMILES string of the molecule is COCCNCCNC(=O)COc1ccc2cc(Br)ccc2c1. The lowest BCUT2D eigenvalue weighted by molar-refractivity contribution is -0.123. The first-order chi connectivity index (χ1) is 11.2. The van der Waals surface area contributed by atoms with Crippen LogP contribution in [-0.4, -0.2) is 45.9 Å². The second-order valence-electron chi connectivity index (χ2n) is 5.03. The Morgan fingerprint density at radius 1 is 1.09 bits per heavy atom. The second kappa shape index (κ2) is 9.50. The molecule has 1 amide bonds. The fourth-order valence-electron chi connectivity index (χ4n) is 2.07. The van der Waals surface area contributed by atoms with Gasteiger partial charge in [0.2, 0.25) is 0 Å². The fourth-order valence-corrected chi connectivity index (χ4v) is 2.45. The number of ether oxygens (including phenoxy) is 2. The normalized spacial score (nSPS) is 10.7. The van der Waals surface area contributed by atoms with Gasteiger partial charge < -0.3 is 20.1 Å². The summed E-state index contributed by atoms with van der Waals surface area (Å²) >= 11 is 3.45. The summed E-state index contributed by atoms with van der Waals surface area (Å²) in [4.78, 5) is 11.7. The largest absolute Gasteiger partial charge is 0.484 e. The lowest BCUT2D eigenvalue weighted by Gasteiger charge is -2.09. The van der Waals surface area contributed by atoms with Crippen molar-refractivity contribution in [3.63, 3.8) is 0 Å². The van der Waals surface area contributed by atoms with Crippen molar-refractivity contribution in [1.82, 2.24) is 10.6 Å². The Kier molecular flexibility index (Phi) is 7.32. The minimum absolute atomic E-state index is 0.0140. The van der Waals surface area contributed by atoms with Crippen LogP contribution < -0.4 is 15.4 Å². The Labute approximate surface area is 144 Å². The molecule has 5 nitrogen and oxygen atoms in total. The Hall–Kier alpha value is -1.63. The number of rotatable bonds is 9. The molecule has 0 aliphatic heterocycles. The molecule has 0 saturated heterocycles. The minimum atomic E-state index is -0.130. The molecule has 0 radical (unpaired) electrons. The van der Waals surface area contributed by atoms with Gasteiger partial charge in [-0.3, -0.25) is 4.79 Å². The molecule has 0 atom stereocenters. The van der Waals surface area contributed by atoms with Crippen LogP contribution in [0.2, 0.25) is 0 Å². The molecular weight excluding hydrogens is 360 g/mol. The van der Waals surface area contributed by atoms with Crippen LogP contribution in [-0.2, 0) is 9.53 Å². The van der Waals surface area contributed by atoms with Crippen LogP contribution in [0.4, 0.5) is 0 Å². The number of carbonyl (C=O) groups excluding carboxylic acids is 1. The van der Waals surface area contributed by atoms with Crippen molar-refractivity contribution >= 4 is 32.6 Å². The van der Waals surface area contributed by atoms with Crippen molar-refractivity contribution in [1.29, 1.82) is 0 Å². The van der Waals surface area contributed by atoms with Gasteiger partial charge in [0, 0.05) is 31.2 Å². The molecule has 2 aromatic carbocycles. The summed E-state index contributed by atoms with van der Waals surface area (Å²) in [5.74, 6) is 0.558. The van der Waals surface area contributed by atoms with E-state index in [1.807, 2.05) is 36.4 Å². The van der Waals surface area contributed by atoms with Crippen LogP contribution in [0.5, 0.6) is 5.75 Å². The summed E-state index contributed by atoms with van der Waals surface area (Å²) < 4.78 is 11.5. The highest BCUT2D eigenvalue weighted by Gasteiger charge is 2.03. The lowest BCUT2D eigenvalue weighted by atomic mass is 10.1. The number of nitrogens with one attached hydrogen (secondary N) is 2. The number of amides is 1. The van der Waals surface area contributed by atoms with Gasteiger partial charge >= 0.3 is 0 Å². The predicted molar refractivity (Wildman–Crippen MR) is 94.9 cm³/mol. The van der Waals surface area contributed by atoms with E-state index >= 15 is 0 Å². The van der Waals surface area contributed by atoms with E-state index in [-0.39, 0.29) is 12.5 Å². The maximum atomic E-state index is 11.7. The second-order valence-corrected chi connectivity index (χ2v) is 5.95. The summed E-state index contributed by atoms with van der Waals surface area (Å²) in [7, 11) is 1.66. The van der Waals surface area contributed by atoms with Gasteiger partial charge in [-0.15, -0.1) is 0 Å². The Bertz CT molecular complexity index is 649. The molecule has 0 heterocycles. The fraction of sp³-hybridized carbons (Fsp3) is 0.353. The number of hydrogen-bond donors (Lipinski definition) is 2. The molecule has 124 valence electrons. The molecule has 0 saturated carbocycles. The van der Waals surface area contributed by atoms with Crippen molar-refractivity contribution in [3.8, 4) is 5.75 Å². The summed E-state index contributed by atoms with van der Waals surface area (Å²) in [6, 6.07) is 11.8. The number of fused-ring (bicyclic) bond motifs is 1. The van der Waals surface area contributed by atoms with Crippen molar-refractivity contribution in [2.75, 3.05) is 40.0 Å². The number of hydrogen-bond acceptors (Lipinski definition) is 4. The van der Waals surface area contributed by atoms with Crippen LogP contribution in [0.3, 0.4) is 0 Å². The molecule has 23 heavy (non-hydrogen) atoms. The quantitative estimate of drug-likeness (QED) is 0.655. The summed E-state index contributed by atoms with van der Waals surface area (Å²) in [6.45, 7) is 2.73. The number of methoxy groups -OCH3 is 1. The van der Waals surface area contributed by atoms with Crippen LogP contribution in [0.15, 0.2) is 40.9 Å². The third-order valence-corrected chi connectivity index (χ3v) is 3.74. The molecule has 2 aromatic rings. The molecule has 0 bridgehead atoms.